The second kappa shape index (κ2) is 8.39. The van der Waals surface area contributed by atoms with Gasteiger partial charge < -0.3 is 5.32 Å². The molecule has 7 heteroatoms. The Morgan fingerprint density at radius 3 is 2.66 bits per heavy atom. The molecule has 5 rings (SSSR count). The zero-order valence-corrected chi connectivity index (χ0v) is 17.4. The van der Waals surface area contributed by atoms with E-state index in [2.05, 4.69) is 20.5 Å². The molecular formula is C25H20N6O. The van der Waals surface area contributed by atoms with E-state index < -0.39 is 0 Å². The lowest BCUT2D eigenvalue weighted by atomic mass is 10.1. The van der Waals surface area contributed by atoms with Crippen LogP contribution < -0.4 is 5.32 Å². The molecule has 2 aromatic carbocycles. The molecule has 1 amide bonds. The Bertz CT molecular complexity index is 1410. The molecule has 3 heterocycles. The summed E-state index contributed by atoms with van der Waals surface area (Å²) in [6.45, 7) is 2.01. The standard InChI is InChI=1S/C25H20N6O/c1-17-6-2-3-7-18(17)15-24(32)27-21-10-4-8-19(14-21)22-11-12-23-28-29-25(31(23)30-22)20-9-5-13-26-16-20/h2-14,16H,15H2,1H3,(H,27,32). The molecule has 156 valence electrons. The highest BCUT2D eigenvalue weighted by Crippen LogP contribution is 2.23. The predicted molar refractivity (Wildman–Crippen MR) is 123 cm³/mol. The van der Waals surface area contributed by atoms with Crippen molar-refractivity contribution in [2.45, 2.75) is 13.3 Å². The van der Waals surface area contributed by atoms with Gasteiger partial charge in [0.1, 0.15) is 0 Å². The van der Waals surface area contributed by atoms with Crippen molar-refractivity contribution in [1.82, 2.24) is 24.8 Å². The molecule has 7 nitrogen and oxygen atoms in total. The van der Waals surface area contributed by atoms with Crippen LogP contribution in [0.1, 0.15) is 11.1 Å². The molecule has 3 aromatic heterocycles. The van der Waals surface area contributed by atoms with Gasteiger partial charge in [-0.3, -0.25) is 9.78 Å². The fraction of sp³-hybridized carbons (Fsp3) is 0.0800. The molecular weight excluding hydrogens is 400 g/mol. The van der Waals surface area contributed by atoms with E-state index in [0.29, 0.717) is 17.9 Å². The van der Waals surface area contributed by atoms with Crippen molar-refractivity contribution in [2.24, 2.45) is 0 Å². The summed E-state index contributed by atoms with van der Waals surface area (Å²) in [6, 6.07) is 23.1. The number of benzene rings is 2. The molecule has 0 saturated heterocycles. The number of aromatic nitrogens is 5. The summed E-state index contributed by atoms with van der Waals surface area (Å²) >= 11 is 0. The Morgan fingerprint density at radius 1 is 0.938 bits per heavy atom. The molecule has 0 aliphatic heterocycles. The minimum absolute atomic E-state index is 0.0578. The van der Waals surface area contributed by atoms with Gasteiger partial charge in [0, 0.05) is 29.2 Å². The van der Waals surface area contributed by atoms with E-state index in [1.807, 2.05) is 79.7 Å². The van der Waals surface area contributed by atoms with Gasteiger partial charge in [0.2, 0.25) is 5.91 Å². The van der Waals surface area contributed by atoms with Gasteiger partial charge in [-0.2, -0.15) is 9.61 Å². The SMILES string of the molecule is Cc1ccccc1CC(=O)Nc1cccc(-c2ccc3nnc(-c4cccnc4)n3n2)c1. The van der Waals surface area contributed by atoms with Gasteiger partial charge in [0.15, 0.2) is 11.5 Å². The molecule has 32 heavy (non-hydrogen) atoms. The monoisotopic (exact) mass is 420 g/mol. The van der Waals surface area contributed by atoms with Crippen LogP contribution in [0.2, 0.25) is 0 Å². The number of carbonyl (C=O) groups is 1. The highest BCUT2D eigenvalue weighted by atomic mass is 16.1. The topological polar surface area (TPSA) is 85.1 Å². The van der Waals surface area contributed by atoms with Gasteiger partial charge in [0.25, 0.3) is 0 Å². The van der Waals surface area contributed by atoms with Gasteiger partial charge in [-0.15, -0.1) is 10.2 Å². The normalized spacial score (nSPS) is 10.9. The Kier molecular flexibility index (Phi) is 5.13. The van der Waals surface area contributed by atoms with Gasteiger partial charge in [-0.1, -0.05) is 36.4 Å². The molecule has 0 unspecified atom stereocenters. The minimum atomic E-state index is -0.0578. The zero-order chi connectivity index (χ0) is 21.9. The van der Waals surface area contributed by atoms with Crippen molar-refractivity contribution < 1.29 is 4.79 Å². The molecule has 0 atom stereocenters. The number of hydrogen-bond acceptors (Lipinski definition) is 5. The number of fused-ring (bicyclic) bond motifs is 1. The number of rotatable bonds is 5. The summed E-state index contributed by atoms with van der Waals surface area (Å²) in [5.41, 5.74) is 5.95. The quantitative estimate of drug-likeness (QED) is 0.457. The van der Waals surface area contributed by atoms with Crippen LogP contribution in [0.4, 0.5) is 5.69 Å². The highest BCUT2D eigenvalue weighted by molar-refractivity contribution is 5.93. The molecule has 0 bridgehead atoms. The third kappa shape index (κ3) is 3.96. The van der Waals surface area contributed by atoms with Crippen molar-refractivity contribution in [3.8, 4) is 22.6 Å². The summed E-state index contributed by atoms with van der Waals surface area (Å²) in [4.78, 5) is 16.7. The van der Waals surface area contributed by atoms with Crippen molar-refractivity contribution in [2.75, 3.05) is 5.32 Å². The number of nitrogens with one attached hydrogen (secondary N) is 1. The van der Waals surface area contributed by atoms with Crippen LogP contribution >= 0.6 is 0 Å². The molecule has 0 fully saturated rings. The first-order valence-electron chi connectivity index (χ1n) is 10.2. The van der Waals surface area contributed by atoms with Crippen LogP contribution in [0, 0.1) is 6.92 Å². The Balaban J connectivity index is 1.41. The average Bonchev–Trinajstić information content (AvgIpc) is 3.25. The van der Waals surface area contributed by atoms with E-state index in [0.717, 1.165) is 33.6 Å². The fourth-order valence-corrected chi connectivity index (χ4v) is 3.56. The van der Waals surface area contributed by atoms with Gasteiger partial charge >= 0.3 is 0 Å². The zero-order valence-electron chi connectivity index (χ0n) is 17.4. The maximum Gasteiger partial charge on any atom is 0.228 e. The molecule has 0 aliphatic rings. The summed E-state index contributed by atoms with van der Waals surface area (Å²) in [7, 11) is 0. The van der Waals surface area contributed by atoms with Crippen molar-refractivity contribution >= 4 is 17.2 Å². The second-order valence-electron chi connectivity index (χ2n) is 7.49. The maximum absolute atomic E-state index is 12.6. The van der Waals surface area contributed by atoms with E-state index in [1.165, 1.54) is 0 Å². The van der Waals surface area contributed by atoms with Crippen molar-refractivity contribution in [3.05, 3.63) is 96.3 Å². The minimum Gasteiger partial charge on any atom is -0.326 e. The number of nitrogens with zero attached hydrogens (tertiary/aromatic N) is 5. The second-order valence-corrected chi connectivity index (χ2v) is 7.49. The lowest BCUT2D eigenvalue weighted by Crippen LogP contribution is -2.15. The lowest BCUT2D eigenvalue weighted by Gasteiger charge is -2.09. The van der Waals surface area contributed by atoms with Crippen LogP contribution in [0.3, 0.4) is 0 Å². The average molecular weight is 420 g/mol. The summed E-state index contributed by atoms with van der Waals surface area (Å²) in [6.07, 6.45) is 3.77. The first-order valence-corrected chi connectivity index (χ1v) is 10.2. The highest BCUT2D eigenvalue weighted by Gasteiger charge is 2.12. The van der Waals surface area contributed by atoms with Gasteiger partial charge in [-0.05, 0) is 54.4 Å². The molecule has 0 aliphatic carbocycles. The maximum atomic E-state index is 12.6. The Labute approximate surface area is 184 Å². The molecule has 0 radical (unpaired) electrons. The van der Waals surface area contributed by atoms with E-state index in [4.69, 9.17) is 5.10 Å². The first kappa shape index (κ1) is 19.6. The number of pyridine rings is 1. The molecule has 0 saturated carbocycles. The van der Waals surface area contributed by atoms with Crippen LogP contribution in [-0.2, 0) is 11.2 Å². The molecule has 1 N–H and O–H groups in total. The third-order valence-corrected chi connectivity index (χ3v) is 5.24. The first-order chi connectivity index (χ1) is 15.7. The van der Waals surface area contributed by atoms with E-state index >= 15 is 0 Å². The van der Waals surface area contributed by atoms with Gasteiger partial charge in [-0.25, -0.2) is 0 Å². The van der Waals surface area contributed by atoms with Crippen LogP contribution in [0.5, 0.6) is 0 Å². The summed E-state index contributed by atoms with van der Waals surface area (Å²) in [5.74, 6) is 0.565. The van der Waals surface area contributed by atoms with E-state index in [-0.39, 0.29) is 5.91 Å². The largest absolute Gasteiger partial charge is 0.326 e. The number of aryl methyl sites for hydroxylation is 1. The number of anilines is 1. The third-order valence-electron chi connectivity index (χ3n) is 5.24. The smallest absolute Gasteiger partial charge is 0.228 e. The fourth-order valence-electron chi connectivity index (χ4n) is 3.56. The predicted octanol–water partition coefficient (Wildman–Crippen LogP) is 4.34. The molecule has 0 spiro atoms. The van der Waals surface area contributed by atoms with Crippen LogP contribution in [0.25, 0.3) is 28.3 Å². The summed E-state index contributed by atoms with van der Waals surface area (Å²) < 4.78 is 1.70. The van der Waals surface area contributed by atoms with Gasteiger partial charge in [0.05, 0.1) is 12.1 Å². The van der Waals surface area contributed by atoms with Crippen molar-refractivity contribution in [1.29, 1.82) is 0 Å². The van der Waals surface area contributed by atoms with Crippen molar-refractivity contribution in [3.63, 3.8) is 0 Å². The number of amides is 1. The van der Waals surface area contributed by atoms with E-state index in [1.54, 1.807) is 16.9 Å². The van der Waals surface area contributed by atoms with Crippen LogP contribution in [0.15, 0.2) is 85.2 Å². The Hall–Kier alpha value is -4.39. The Morgan fingerprint density at radius 2 is 1.81 bits per heavy atom. The lowest BCUT2D eigenvalue weighted by molar-refractivity contribution is -0.115. The van der Waals surface area contributed by atoms with E-state index in [9.17, 15) is 4.79 Å². The summed E-state index contributed by atoms with van der Waals surface area (Å²) in [5, 5.41) is 16.2. The van der Waals surface area contributed by atoms with Crippen LogP contribution in [-0.4, -0.2) is 30.7 Å². The number of carbonyl (C=O) groups excluding carboxylic acids is 1. The molecule has 5 aromatic rings. The number of hydrogen-bond donors (Lipinski definition) is 1.